The molecule has 2 amide bonds. The molecule has 7 heteroatoms. The van der Waals surface area contributed by atoms with Gasteiger partial charge >= 0.3 is 0 Å². The van der Waals surface area contributed by atoms with E-state index in [-0.39, 0.29) is 12.0 Å². The molecule has 0 fully saturated rings. The van der Waals surface area contributed by atoms with Crippen LogP contribution in [0.15, 0.2) is 42.5 Å². The van der Waals surface area contributed by atoms with Crippen LogP contribution in [0.2, 0.25) is 0 Å². The van der Waals surface area contributed by atoms with Gasteiger partial charge < -0.3 is 15.8 Å². The molecular formula is C17H16F2N2O3. The Labute approximate surface area is 137 Å². The van der Waals surface area contributed by atoms with Crippen LogP contribution in [0.25, 0.3) is 0 Å². The number of rotatable bonds is 6. The second-order valence-electron chi connectivity index (χ2n) is 5.11. The highest BCUT2D eigenvalue weighted by atomic mass is 19.1. The average Bonchev–Trinajstić information content (AvgIpc) is 2.54. The minimum atomic E-state index is -1.05. The quantitative estimate of drug-likeness (QED) is 0.845. The van der Waals surface area contributed by atoms with Crippen LogP contribution in [0.5, 0.6) is 5.75 Å². The summed E-state index contributed by atoms with van der Waals surface area (Å²) in [5, 5.41) is 2.36. The van der Waals surface area contributed by atoms with Gasteiger partial charge in [-0.05, 0) is 29.8 Å². The molecule has 0 unspecified atom stereocenters. The normalized spacial score (nSPS) is 11.6. The number of amides is 2. The highest BCUT2D eigenvalue weighted by Crippen LogP contribution is 2.15. The molecule has 0 bridgehead atoms. The maximum absolute atomic E-state index is 13.6. The molecule has 1 atom stereocenters. The Balaban J connectivity index is 2.16. The zero-order chi connectivity index (χ0) is 17.7. The molecule has 2 rings (SSSR count). The molecule has 24 heavy (non-hydrogen) atoms. The van der Waals surface area contributed by atoms with Crippen molar-refractivity contribution in [2.24, 2.45) is 5.73 Å². The second kappa shape index (κ2) is 7.54. The highest BCUT2D eigenvalue weighted by Gasteiger charge is 2.21. The fourth-order valence-electron chi connectivity index (χ4n) is 2.17. The van der Waals surface area contributed by atoms with Gasteiger partial charge in [0, 0.05) is 12.5 Å². The third-order valence-corrected chi connectivity index (χ3v) is 3.40. The number of nitrogens with one attached hydrogen (secondary N) is 1. The van der Waals surface area contributed by atoms with Crippen LogP contribution in [0.3, 0.4) is 0 Å². The highest BCUT2D eigenvalue weighted by molar-refractivity contribution is 5.97. The van der Waals surface area contributed by atoms with Gasteiger partial charge in [0.1, 0.15) is 23.4 Å². The Kier molecular flexibility index (Phi) is 5.47. The number of carbonyl (C=O) groups is 2. The summed E-state index contributed by atoms with van der Waals surface area (Å²) in [6, 6.07) is 8.40. The first kappa shape index (κ1) is 17.4. The first-order chi connectivity index (χ1) is 11.4. The zero-order valence-electron chi connectivity index (χ0n) is 12.9. The van der Waals surface area contributed by atoms with Gasteiger partial charge in [0.15, 0.2) is 0 Å². The van der Waals surface area contributed by atoms with Gasteiger partial charge in [-0.15, -0.1) is 0 Å². The van der Waals surface area contributed by atoms with E-state index in [9.17, 15) is 18.4 Å². The lowest BCUT2D eigenvalue weighted by atomic mass is 10.0. The van der Waals surface area contributed by atoms with Crippen molar-refractivity contribution < 1.29 is 23.1 Å². The summed E-state index contributed by atoms with van der Waals surface area (Å²) in [7, 11) is 1.50. The SMILES string of the molecule is COc1cccc(C[C@H](NC(=O)c2ccc(F)cc2F)C(N)=O)c1. The van der Waals surface area contributed by atoms with Gasteiger partial charge in [-0.2, -0.15) is 0 Å². The predicted octanol–water partition coefficient (Wildman–Crippen LogP) is 1.80. The number of hydrogen-bond acceptors (Lipinski definition) is 3. The number of ether oxygens (including phenoxy) is 1. The Morgan fingerprint density at radius 3 is 2.58 bits per heavy atom. The predicted molar refractivity (Wildman–Crippen MR) is 83.5 cm³/mol. The van der Waals surface area contributed by atoms with E-state index in [1.165, 1.54) is 7.11 Å². The van der Waals surface area contributed by atoms with E-state index in [2.05, 4.69) is 5.32 Å². The number of nitrogens with two attached hydrogens (primary N) is 1. The van der Waals surface area contributed by atoms with Gasteiger partial charge in [0.05, 0.1) is 12.7 Å². The van der Waals surface area contributed by atoms with E-state index in [0.29, 0.717) is 17.4 Å². The molecule has 0 saturated heterocycles. The topological polar surface area (TPSA) is 81.4 Å². The van der Waals surface area contributed by atoms with Crippen LogP contribution in [-0.4, -0.2) is 25.0 Å². The summed E-state index contributed by atoms with van der Waals surface area (Å²) in [4.78, 5) is 23.7. The fraction of sp³-hybridized carbons (Fsp3) is 0.176. The van der Waals surface area contributed by atoms with Gasteiger partial charge in [-0.1, -0.05) is 12.1 Å². The lowest BCUT2D eigenvalue weighted by Crippen LogP contribution is -2.46. The number of methoxy groups -OCH3 is 1. The molecule has 3 N–H and O–H groups in total. The van der Waals surface area contributed by atoms with E-state index in [0.717, 1.165) is 12.1 Å². The van der Waals surface area contributed by atoms with Crippen molar-refractivity contribution in [3.8, 4) is 5.75 Å². The second-order valence-corrected chi connectivity index (χ2v) is 5.11. The van der Waals surface area contributed by atoms with Crippen LogP contribution in [0, 0.1) is 11.6 Å². The van der Waals surface area contributed by atoms with Crippen LogP contribution in [0.4, 0.5) is 8.78 Å². The molecule has 0 heterocycles. The van der Waals surface area contributed by atoms with E-state index >= 15 is 0 Å². The summed E-state index contributed by atoms with van der Waals surface area (Å²) < 4.78 is 31.6. The molecule has 2 aromatic carbocycles. The van der Waals surface area contributed by atoms with Crippen LogP contribution in [0.1, 0.15) is 15.9 Å². The molecule has 0 aliphatic heterocycles. The minimum Gasteiger partial charge on any atom is -0.497 e. The number of primary amides is 1. The fourth-order valence-corrected chi connectivity index (χ4v) is 2.17. The Morgan fingerprint density at radius 1 is 1.21 bits per heavy atom. The summed E-state index contributed by atoms with van der Waals surface area (Å²) in [5.74, 6) is -2.84. The Hall–Kier alpha value is -2.96. The van der Waals surface area contributed by atoms with E-state index < -0.39 is 29.5 Å². The van der Waals surface area contributed by atoms with Crippen molar-refractivity contribution in [1.82, 2.24) is 5.32 Å². The van der Waals surface area contributed by atoms with Gasteiger partial charge in [-0.25, -0.2) is 8.78 Å². The molecule has 0 aliphatic rings. The summed E-state index contributed by atoms with van der Waals surface area (Å²) in [6.07, 6.45) is 0.112. The summed E-state index contributed by atoms with van der Waals surface area (Å²) in [6.45, 7) is 0. The molecule has 126 valence electrons. The van der Waals surface area contributed by atoms with Gasteiger partial charge in [0.25, 0.3) is 5.91 Å². The average molecular weight is 334 g/mol. The molecule has 0 radical (unpaired) electrons. The van der Waals surface area contributed by atoms with Gasteiger partial charge in [0.2, 0.25) is 5.91 Å². The largest absolute Gasteiger partial charge is 0.497 e. The molecule has 0 aliphatic carbocycles. The van der Waals surface area contributed by atoms with Crippen molar-refractivity contribution in [2.75, 3.05) is 7.11 Å². The molecule has 0 saturated carbocycles. The van der Waals surface area contributed by atoms with E-state index in [4.69, 9.17) is 10.5 Å². The van der Waals surface area contributed by atoms with Crippen molar-refractivity contribution >= 4 is 11.8 Å². The number of hydrogen-bond donors (Lipinski definition) is 2. The standard InChI is InChI=1S/C17H16F2N2O3/c1-24-12-4-2-3-10(7-12)8-15(16(20)22)21-17(23)13-6-5-11(18)9-14(13)19/h2-7,9,15H,8H2,1H3,(H2,20,22)(H,21,23)/t15-/m0/s1. The van der Waals surface area contributed by atoms with Crippen LogP contribution in [-0.2, 0) is 11.2 Å². The third kappa shape index (κ3) is 4.28. The number of halogens is 2. The lowest BCUT2D eigenvalue weighted by molar-refractivity contribution is -0.119. The van der Waals surface area contributed by atoms with Gasteiger partial charge in [-0.3, -0.25) is 9.59 Å². The summed E-state index contributed by atoms with van der Waals surface area (Å²) in [5.41, 5.74) is 5.64. The third-order valence-electron chi connectivity index (χ3n) is 3.40. The smallest absolute Gasteiger partial charge is 0.254 e. The zero-order valence-corrected chi connectivity index (χ0v) is 12.9. The van der Waals surface area contributed by atoms with Crippen molar-refractivity contribution in [3.05, 3.63) is 65.2 Å². The Morgan fingerprint density at radius 2 is 1.96 bits per heavy atom. The van der Waals surface area contributed by atoms with Crippen molar-refractivity contribution in [1.29, 1.82) is 0 Å². The molecule has 2 aromatic rings. The van der Waals surface area contributed by atoms with Crippen LogP contribution >= 0.6 is 0 Å². The van der Waals surface area contributed by atoms with E-state index in [1.54, 1.807) is 24.3 Å². The number of benzene rings is 2. The summed E-state index contributed by atoms with van der Waals surface area (Å²) >= 11 is 0. The lowest BCUT2D eigenvalue weighted by Gasteiger charge is -2.16. The Bertz CT molecular complexity index is 765. The monoisotopic (exact) mass is 334 g/mol. The molecule has 5 nitrogen and oxygen atoms in total. The maximum atomic E-state index is 13.6. The first-order valence-corrected chi connectivity index (χ1v) is 7.09. The van der Waals surface area contributed by atoms with Crippen LogP contribution < -0.4 is 15.8 Å². The number of carbonyl (C=O) groups excluding carboxylic acids is 2. The van der Waals surface area contributed by atoms with E-state index in [1.807, 2.05) is 0 Å². The molecule has 0 aromatic heterocycles. The van der Waals surface area contributed by atoms with Crippen molar-refractivity contribution in [3.63, 3.8) is 0 Å². The minimum absolute atomic E-state index is 0.112. The molecule has 0 spiro atoms. The maximum Gasteiger partial charge on any atom is 0.254 e. The molecular weight excluding hydrogens is 318 g/mol. The van der Waals surface area contributed by atoms with Crippen molar-refractivity contribution in [2.45, 2.75) is 12.5 Å². The first-order valence-electron chi connectivity index (χ1n) is 7.09.